The largest absolute Gasteiger partial charge is 0.491 e. The highest BCUT2D eigenvalue weighted by atomic mass is 16.6. The Bertz CT molecular complexity index is 864. The molecule has 2 aromatic rings. The Morgan fingerprint density at radius 3 is 2.48 bits per heavy atom. The van der Waals surface area contributed by atoms with E-state index in [4.69, 9.17) is 19.3 Å². The summed E-state index contributed by atoms with van der Waals surface area (Å²) in [5.41, 5.74) is 0.519. The monoisotopic (exact) mass is 435 g/mol. The van der Waals surface area contributed by atoms with Gasteiger partial charge >= 0.3 is 6.09 Å². The van der Waals surface area contributed by atoms with Crippen LogP contribution in [-0.4, -0.2) is 52.9 Å². The van der Waals surface area contributed by atoms with Crippen LogP contribution >= 0.6 is 0 Å². The van der Waals surface area contributed by atoms with Gasteiger partial charge in [-0.05, 0) is 32.3 Å². The van der Waals surface area contributed by atoms with Crippen LogP contribution in [0.25, 0.3) is 10.9 Å². The molecule has 0 saturated heterocycles. The van der Waals surface area contributed by atoms with E-state index in [1.807, 2.05) is 59.7 Å². The van der Waals surface area contributed by atoms with E-state index in [2.05, 4.69) is 5.32 Å². The van der Waals surface area contributed by atoms with Crippen molar-refractivity contribution >= 4 is 17.0 Å². The van der Waals surface area contributed by atoms with E-state index in [1.54, 1.807) is 11.8 Å². The number of carbonyl (C=O) groups excluding carboxylic acids is 1. The molecule has 8 nitrogen and oxygen atoms in total. The van der Waals surface area contributed by atoms with Gasteiger partial charge in [0.05, 0.1) is 31.5 Å². The minimum atomic E-state index is -0.585. The summed E-state index contributed by atoms with van der Waals surface area (Å²) in [6.45, 7) is 13.0. The van der Waals surface area contributed by atoms with Crippen molar-refractivity contribution < 1.29 is 24.1 Å². The van der Waals surface area contributed by atoms with Crippen LogP contribution in [-0.2, 0) is 22.6 Å². The summed E-state index contributed by atoms with van der Waals surface area (Å²) >= 11 is 0. The molecule has 0 fully saturated rings. The molecular weight excluding hydrogens is 398 g/mol. The Hall–Kier alpha value is -2.32. The number of carbonyl (C=O) groups is 1. The van der Waals surface area contributed by atoms with E-state index in [9.17, 15) is 9.90 Å². The van der Waals surface area contributed by atoms with Crippen molar-refractivity contribution in [1.29, 1.82) is 0 Å². The Balaban J connectivity index is 2.31. The van der Waals surface area contributed by atoms with Gasteiger partial charge in [0.2, 0.25) is 0 Å². The van der Waals surface area contributed by atoms with Crippen LogP contribution in [0.2, 0.25) is 0 Å². The molecule has 1 aromatic heterocycles. The zero-order valence-corrected chi connectivity index (χ0v) is 19.8. The first kappa shape index (κ1) is 24.9. The van der Waals surface area contributed by atoms with Crippen molar-refractivity contribution in [2.45, 2.75) is 72.8 Å². The van der Waals surface area contributed by atoms with Gasteiger partial charge in [0, 0.05) is 25.5 Å². The molecule has 1 heterocycles. The smallest absolute Gasteiger partial charge is 0.407 e. The average Bonchev–Trinajstić information content (AvgIpc) is 3.00. The van der Waals surface area contributed by atoms with Crippen LogP contribution in [0.1, 0.15) is 53.7 Å². The molecule has 0 spiro atoms. The summed E-state index contributed by atoms with van der Waals surface area (Å²) in [4.78, 5) is 12.4. The molecule has 1 aromatic carbocycles. The van der Waals surface area contributed by atoms with Crippen molar-refractivity contribution in [3.05, 3.63) is 23.9 Å². The van der Waals surface area contributed by atoms with Crippen LogP contribution in [0.5, 0.6) is 5.75 Å². The van der Waals surface area contributed by atoms with E-state index in [0.717, 1.165) is 11.8 Å². The zero-order chi connectivity index (χ0) is 23.2. The highest BCUT2D eigenvalue weighted by Gasteiger charge is 2.30. The first-order chi connectivity index (χ1) is 14.5. The molecule has 0 aliphatic carbocycles. The number of aromatic nitrogens is 2. The summed E-state index contributed by atoms with van der Waals surface area (Å²) < 4.78 is 18.2. The normalized spacial score (nSPS) is 13.3. The minimum absolute atomic E-state index is 0.174. The van der Waals surface area contributed by atoms with Crippen molar-refractivity contribution in [3.8, 4) is 5.75 Å². The number of amides is 1. The predicted octanol–water partition coefficient (Wildman–Crippen LogP) is 3.88. The minimum Gasteiger partial charge on any atom is -0.491 e. The molecule has 174 valence electrons. The van der Waals surface area contributed by atoms with E-state index in [0.29, 0.717) is 36.7 Å². The number of rotatable bonds is 9. The van der Waals surface area contributed by atoms with Crippen LogP contribution in [0, 0.1) is 5.41 Å². The van der Waals surface area contributed by atoms with Gasteiger partial charge < -0.3 is 24.6 Å². The van der Waals surface area contributed by atoms with Crippen molar-refractivity contribution in [1.82, 2.24) is 15.1 Å². The average molecular weight is 436 g/mol. The third-order valence-electron chi connectivity index (χ3n) is 4.83. The van der Waals surface area contributed by atoms with Gasteiger partial charge in [0.15, 0.2) is 0 Å². The van der Waals surface area contributed by atoms with Crippen molar-refractivity contribution in [2.75, 3.05) is 20.3 Å². The van der Waals surface area contributed by atoms with Gasteiger partial charge in [0.1, 0.15) is 16.9 Å². The molecule has 1 amide bonds. The Morgan fingerprint density at radius 1 is 1.19 bits per heavy atom. The maximum absolute atomic E-state index is 12.4. The molecule has 1 atom stereocenters. The lowest BCUT2D eigenvalue weighted by molar-refractivity contribution is 0.0451. The molecule has 0 aliphatic rings. The quantitative estimate of drug-likeness (QED) is 0.581. The number of fused-ring (bicyclic) bond motifs is 1. The Morgan fingerprint density at radius 2 is 1.90 bits per heavy atom. The lowest BCUT2D eigenvalue weighted by Gasteiger charge is -2.32. The van der Waals surface area contributed by atoms with Gasteiger partial charge in [-0.1, -0.05) is 32.9 Å². The molecule has 2 N–H and O–H groups in total. The number of nitrogens with zero attached hydrogens (tertiary/aromatic N) is 2. The molecule has 0 saturated carbocycles. The number of benzene rings is 1. The second-order valence-corrected chi connectivity index (χ2v) is 9.70. The SMILES string of the molecule is COCCCOc1cccc2c(CO)n(CC(NC(=O)OC(C)(C)C)C(C)(C)C)nc12. The van der Waals surface area contributed by atoms with E-state index in [-0.39, 0.29) is 18.1 Å². The standard InChI is InChI=1S/C23H37N3O5/c1-22(2,3)19(24-21(28)31-23(4,5)6)14-26-17(15-27)16-10-8-11-18(20(16)25-26)30-13-9-12-29-7/h8,10-11,19,27H,9,12-15H2,1-7H3,(H,24,28). The fourth-order valence-corrected chi connectivity index (χ4v) is 3.16. The third kappa shape index (κ3) is 7.11. The lowest BCUT2D eigenvalue weighted by Crippen LogP contribution is -2.48. The molecule has 0 aliphatic heterocycles. The summed E-state index contributed by atoms with van der Waals surface area (Å²) in [5, 5.41) is 18.6. The van der Waals surface area contributed by atoms with Crippen molar-refractivity contribution in [2.24, 2.45) is 5.41 Å². The molecule has 31 heavy (non-hydrogen) atoms. The van der Waals surface area contributed by atoms with Gasteiger partial charge in [-0.2, -0.15) is 5.10 Å². The third-order valence-corrected chi connectivity index (χ3v) is 4.83. The van der Waals surface area contributed by atoms with Crippen LogP contribution < -0.4 is 10.1 Å². The van der Waals surface area contributed by atoms with Crippen LogP contribution in [0.3, 0.4) is 0 Å². The number of ether oxygens (including phenoxy) is 3. The maximum atomic E-state index is 12.4. The van der Waals surface area contributed by atoms with E-state index < -0.39 is 11.7 Å². The topological polar surface area (TPSA) is 94.8 Å². The van der Waals surface area contributed by atoms with E-state index in [1.165, 1.54) is 0 Å². The fraction of sp³-hybridized carbons (Fsp3) is 0.652. The lowest BCUT2D eigenvalue weighted by atomic mass is 9.86. The number of nitrogens with one attached hydrogen (secondary N) is 1. The predicted molar refractivity (Wildman–Crippen MR) is 120 cm³/mol. The van der Waals surface area contributed by atoms with Crippen LogP contribution in [0.4, 0.5) is 4.79 Å². The number of methoxy groups -OCH3 is 1. The molecule has 8 heteroatoms. The Labute approximate surface area is 184 Å². The van der Waals surface area contributed by atoms with Crippen molar-refractivity contribution in [3.63, 3.8) is 0 Å². The number of aliphatic hydroxyl groups is 1. The van der Waals surface area contributed by atoms with Gasteiger partial charge in [-0.25, -0.2) is 4.79 Å². The van der Waals surface area contributed by atoms with Gasteiger partial charge in [-0.3, -0.25) is 4.68 Å². The highest BCUT2D eigenvalue weighted by Crippen LogP contribution is 2.29. The fourth-order valence-electron chi connectivity index (χ4n) is 3.16. The molecular formula is C23H37N3O5. The molecule has 0 bridgehead atoms. The summed E-state index contributed by atoms with van der Waals surface area (Å²) in [6, 6.07) is 5.40. The first-order valence-corrected chi connectivity index (χ1v) is 10.7. The molecule has 1 unspecified atom stereocenters. The summed E-state index contributed by atoms with van der Waals surface area (Å²) in [7, 11) is 1.66. The number of hydrogen-bond acceptors (Lipinski definition) is 6. The second kappa shape index (κ2) is 10.3. The zero-order valence-electron chi connectivity index (χ0n) is 19.8. The summed E-state index contributed by atoms with van der Waals surface area (Å²) in [5.74, 6) is 0.662. The van der Waals surface area contributed by atoms with Gasteiger partial charge in [0.25, 0.3) is 0 Å². The first-order valence-electron chi connectivity index (χ1n) is 10.7. The second-order valence-electron chi connectivity index (χ2n) is 9.70. The number of hydrogen-bond donors (Lipinski definition) is 2. The summed E-state index contributed by atoms with van der Waals surface area (Å²) in [6.07, 6.45) is 0.295. The number of aliphatic hydroxyl groups excluding tert-OH is 1. The number of alkyl carbamates (subject to hydrolysis) is 1. The van der Waals surface area contributed by atoms with E-state index >= 15 is 0 Å². The Kier molecular flexibility index (Phi) is 8.31. The molecule has 2 rings (SSSR count). The maximum Gasteiger partial charge on any atom is 0.407 e. The van der Waals surface area contributed by atoms with Gasteiger partial charge in [-0.15, -0.1) is 0 Å². The molecule has 0 radical (unpaired) electrons. The van der Waals surface area contributed by atoms with Crippen LogP contribution in [0.15, 0.2) is 18.2 Å². The highest BCUT2D eigenvalue weighted by molar-refractivity contribution is 5.87.